The van der Waals surface area contributed by atoms with Gasteiger partial charge < -0.3 is 5.32 Å². The van der Waals surface area contributed by atoms with Gasteiger partial charge >= 0.3 is 0 Å². The molecule has 3 atom stereocenters. The standard InChI is InChI=1S/C16H31N3O2S.ClH/c1-13-10-14(2)12-19(11-13)22(20,21)18-8-5-15(6-9-18)16-4-3-7-17-16;/h13-17H,3-12H2,1-2H3;1H. The second kappa shape index (κ2) is 8.00. The van der Waals surface area contributed by atoms with Crippen molar-refractivity contribution in [3.63, 3.8) is 0 Å². The van der Waals surface area contributed by atoms with Crippen LogP contribution in [0.5, 0.6) is 0 Å². The van der Waals surface area contributed by atoms with Crippen LogP contribution in [0.2, 0.25) is 0 Å². The first kappa shape index (κ1) is 19.4. The fraction of sp³-hybridized carbons (Fsp3) is 1.00. The Hall–Kier alpha value is 0.120. The average Bonchev–Trinajstić information content (AvgIpc) is 3.00. The molecular weight excluding hydrogens is 334 g/mol. The first-order valence-corrected chi connectivity index (χ1v) is 10.3. The molecule has 0 aromatic rings. The summed E-state index contributed by atoms with van der Waals surface area (Å²) in [5.74, 6) is 1.60. The molecule has 3 fully saturated rings. The molecule has 0 radical (unpaired) electrons. The number of rotatable bonds is 3. The smallest absolute Gasteiger partial charge is 0.281 e. The monoisotopic (exact) mass is 365 g/mol. The van der Waals surface area contributed by atoms with E-state index in [-0.39, 0.29) is 12.4 Å². The summed E-state index contributed by atoms with van der Waals surface area (Å²) in [5, 5.41) is 3.58. The maximum absolute atomic E-state index is 12.9. The molecular formula is C16H32ClN3O2S. The summed E-state index contributed by atoms with van der Waals surface area (Å²) < 4.78 is 29.3. The van der Waals surface area contributed by atoms with Gasteiger partial charge in [0.2, 0.25) is 0 Å². The lowest BCUT2D eigenvalue weighted by Gasteiger charge is -2.40. The van der Waals surface area contributed by atoms with Gasteiger partial charge in [-0.1, -0.05) is 13.8 Å². The molecule has 7 heteroatoms. The highest BCUT2D eigenvalue weighted by atomic mass is 35.5. The van der Waals surface area contributed by atoms with Crippen LogP contribution in [0.3, 0.4) is 0 Å². The van der Waals surface area contributed by atoms with Crippen LogP contribution in [0, 0.1) is 17.8 Å². The van der Waals surface area contributed by atoms with Crippen LogP contribution >= 0.6 is 12.4 Å². The van der Waals surface area contributed by atoms with Crippen molar-refractivity contribution in [3.05, 3.63) is 0 Å². The topological polar surface area (TPSA) is 52.7 Å². The van der Waals surface area contributed by atoms with E-state index in [1.165, 1.54) is 12.8 Å². The number of nitrogens with zero attached hydrogens (tertiary/aromatic N) is 2. The fourth-order valence-electron chi connectivity index (χ4n) is 4.58. The molecule has 3 aliphatic heterocycles. The van der Waals surface area contributed by atoms with E-state index < -0.39 is 10.2 Å². The number of piperidine rings is 2. The van der Waals surface area contributed by atoms with Crippen LogP contribution < -0.4 is 5.32 Å². The van der Waals surface area contributed by atoms with Crippen molar-refractivity contribution in [3.8, 4) is 0 Å². The Bertz CT molecular complexity index is 464. The third kappa shape index (κ3) is 4.40. The van der Waals surface area contributed by atoms with Gasteiger partial charge in [0.25, 0.3) is 10.2 Å². The summed E-state index contributed by atoms with van der Waals surface area (Å²) >= 11 is 0. The average molecular weight is 366 g/mol. The highest BCUT2D eigenvalue weighted by molar-refractivity contribution is 7.86. The number of nitrogens with one attached hydrogen (secondary N) is 1. The molecule has 0 aliphatic carbocycles. The van der Waals surface area contributed by atoms with Crippen LogP contribution in [0.4, 0.5) is 0 Å². The van der Waals surface area contributed by atoms with E-state index in [0.717, 1.165) is 25.8 Å². The molecule has 0 amide bonds. The van der Waals surface area contributed by atoms with E-state index in [0.29, 0.717) is 50.0 Å². The number of hydrogen-bond acceptors (Lipinski definition) is 3. The molecule has 3 rings (SSSR count). The third-order valence-corrected chi connectivity index (χ3v) is 7.62. The Kier molecular flexibility index (Phi) is 6.76. The minimum absolute atomic E-state index is 0. The molecule has 0 saturated carbocycles. The van der Waals surface area contributed by atoms with Crippen molar-refractivity contribution in [2.75, 3.05) is 32.7 Å². The predicted octanol–water partition coefficient (Wildman–Crippen LogP) is 2.09. The molecule has 3 unspecified atom stereocenters. The second-order valence-corrected chi connectivity index (χ2v) is 9.64. The second-order valence-electron chi connectivity index (χ2n) is 7.71. The maximum Gasteiger partial charge on any atom is 0.281 e. The Labute approximate surface area is 147 Å². The Morgan fingerprint density at radius 3 is 2.09 bits per heavy atom. The first-order chi connectivity index (χ1) is 10.5. The summed E-state index contributed by atoms with van der Waals surface area (Å²) in [4.78, 5) is 0. The van der Waals surface area contributed by atoms with E-state index in [2.05, 4.69) is 19.2 Å². The fourth-order valence-corrected chi connectivity index (χ4v) is 6.46. The zero-order valence-electron chi connectivity index (χ0n) is 14.4. The van der Waals surface area contributed by atoms with Crippen molar-refractivity contribution in [2.24, 2.45) is 17.8 Å². The van der Waals surface area contributed by atoms with Gasteiger partial charge in [0.15, 0.2) is 0 Å². The van der Waals surface area contributed by atoms with Crippen LogP contribution in [-0.2, 0) is 10.2 Å². The van der Waals surface area contributed by atoms with Crippen LogP contribution in [0.25, 0.3) is 0 Å². The van der Waals surface area contributed by atoms with Gasteiger partial charge in [0.05, 0.1) is 0 Å². The van der Waals surface area contributed by atoms with E-state index in [9.17, 15) is 8.42 Å². The van der Waals surface area contributed by atoms with Gasteiger partial charge in [-0.15, -0.1) is 12.4 Å². The van der Waals surface area contributed by atoms with Gasteiger partial charge in [-0.25, -0.2) is 0 Å². The SMILES string of the molecule is CC1CC(C)CN(S(=O)(=O)N2CCC(C3CCCN3)CC2)C1.Cl. The van der Waals surface area contributed by atoms with Gasteiger partial charge in [0, 0.05) is 32.2 Å². The molecule has 3 saturated heterocycles. The van der Waals surface area contributed by atoms with Crippen LogP contribution in [0.15, 0.2) is 0 Å². The minimum Gasteiger partial charge on any atom is -0.314 e. The van der Waals surface area contributed by atoms with Gasteiger partial charge in [-0.05, 0) is 56.4 Å². The first-order valence-electron chi connectivity index (χ1n) is 8.95. The molecule has 23 heavy (non-hydrogen) atoms. The Morgan fingerprint density at radius 1 is 0.957 bits per heavy atom. The summed E-state index contributed by atoms with van der Waals surface area (Å²) in [5.41, 5.74) is 0. The third-order valence-electron chi connectivity index (χ3n) is 5.65. The highest BCUT2D eigenvalue weighted by Gasteiger charge is 2.38. The van der Waals surface area contributed by atoms with Crippen molar-refractivity contribution >= 4 is 22.6 Å². The lowest BCUT2D eigenvalue weighted by molar-refractivity contribution is 0.188. The molecule has 3 heterocycles. The number of halogens is 1. The molecule has 3 aliphatic rings. The van der Waals surface area contributed by atoms with Gasteiger partial charge in [0.1, 0.15) is 0 Å². The highest BCUT2D eigenvalue weighted by Crippen LogP contribution is 2.30. The Balaban J connectivity index is 0.00000192. The van der Waals surface area contributed by atoms with Crippen molar-refractivity contribution < 1.29 is 8.42 Å². The maximum atomic E-state index is 12.9. The normalized spacial score (nSPS) is 35.1. The van der Waals surface area contributed by atoms with E-state index in [1.54, 1.807) is 8.61 Å². The van der Waals surface area contributed by atoms with Crippen LogP contribution in [0.1, 0.15) is 46.0 Å². The molecule has 0 aromatic heterocycles. The number of hydrogen-bond donors (Lipinski definition) is 1. The summed E-state index contributed by atoms with van der Waals surface area (Å²) in [6.45, 7) is 8.24. The summed E-state index contributed by atoms with van der Waals surface area (Å²) in [6.07, 6.45) is 5.69. The summed E-state index contributed by atoms with van der Waals surface area (Å²) in [6, 6.07) is 0.625. The zero-order valence-corrected chi connectivity index (χ0v) is 16.0. The minimum atomic E-state index is -3.25. The lowest BCUT2D eigenvalue weighted by Crippen LogP contribution is -2.52. The van der Waals surface area contributed by atoms with Crippen molar-refractivity contribution in [1.29, 1.82) is 0 Å². The van der Waals surface area contributed by atoms with Crippen LogP contribution in [-0.4, -0.2) is 55.8 Å². The van der Waals surface area contributed by atoms with Crippen molar-refractivity contribution in [1.82, 2.24) is 13.9 Å². The van der Waals surface area contributed by atoms with Gasteiger partial charge in [-0.2, -0.15) is 17.0 Å². The molecule has 0 aromatic carbocycles. The molecule has 136 valence electrons. The quantitative estimate of drug-likeness (QED) is 0.833. The Morgan fingerprint density at radius 2 is 1.57 bits per heavy atom. The van der Waals surface area contributed by atoms with E-state index in [4.69, 9.17) is 0 Å². The van der Waals surface area contributed by atoms with Gasteiger partial charge in [-0.3, -0.25) is 0 Å². The lowest BCUT2D eigenvalue weighted by atomic mass is 9.89. The predicted molar refractivity (Wildman–Crippen MR) is 96.0 cm³/mol. The van der Waals surface area contributed by atoms with Crippen molar-refractivity contribution in [2.45, 2.75) is 52.0 Å². The summed E-state index contributed by atoms with van der Waals surface area (Å²) in [7, 11) is -3.25. The largest absolute Gasteiger partial charge is 0.314 e. The molecule has 1 N–H and O–H groups in total. The zero-order chi connectivity index (χ0) is 15.7. The van der Waals surface area contributed by atoms with E-state index in [1.807, 2.05) is 0 Å². The van der Waals surface area contributed by atoms with E-state index >= 15 is 0 Å². The molecule has 0 bridgehead atoms. The molecule has 0 spiro atoms. The molecule has 5 nitrogen and oxygen atoms in total.